The topological polar surface area (TPSA) is 68.0 Å². The SMILES string of the molecule is COc1cc([N+](=O)[O-])ccc1N=C1SCCN1CC(C)C. The molecule has 1 aromatic carbocycles. The monoisotopic (exact) mass is 309 g/mol. The van der Waals surface area contributed by atoms with Crippen molar-refractivity contribution in [3.63, 3.8) is 0 Å². The van der Waals surface area contributed by atoms with E-state index in [1.54, 1.807) is 17.8 Å². The van der Waals surface area contributed by atoms with Crippen LogP contribution < -0.4 is 4.74 Å². The van der Waals surface area contributed by atoms with Crippen molar-refractivity contribution in [2.75, 3.05) is 26.0 Å². The van der Waals surface area contributed by atoms with Gasteiger partial charge in [-0.3, -0.25) is 10.1 Å². The Balaban J connectivity index is 2.29. The van der Waals surface area contributed by atoms with E-state index < -0.39 is 4.92 Å². The van der Waals surface area contributed by atoms with Crippen LogP contribution in [-0.2, 0) is 0 Å². The van der Waals surface area contributed by atoms with Crippen LogP contribution in [0, 0.1) is 16.0 Å². The van der Waals surface area contributed by atoms with E-state index in [9.17, 15) is 10.1 Å². The van der Waals surface area contributed by atoms with Gasteiger partial charge < -0.3 is 9.64 Å². The number of methoxy groups -OCH3 is 1. The van der Waals surface area contributed by atoms with Crippen molar-refractivity contribution >= 4 is 28.3 Å². The molecule has 2 rings (SSSR count). The Hall–Kier alpha value is -1.76. The number of amidine groups is 1. The third kappa shape index (κ3) is 3.87. The van der Waals surface area contributed by atoms with Crippen LogP contribution in [0.15, 0.2) is 23.2 Å². The van der Waals surface area contributed by atoms with Gasteiger partial charge in [-0.05, 0) is 12.0 Å². The summed E-state index contributed by atoms with van der Waals surface area (Å²) < 4.78 is 5.22. The molecule has 21 heavy (non-hydrogen) atoms. The van der Waals surface area contributed by atoms with Crippen molar-refractivity contribution in [1.82, 2.24) is 4.90 Å². The first-order valence-electron chi connectivity index (χ1n) is 6.80. The highest BCUT2D eigenvalue weighted by atomic mass is 32.2. The number of rotatable bonds is 5. The summed E-state index contributed by atoms with van der Waals surface area (Å²) >= 11 is 1.70. The summed E-state index contributed by atoms with van der Waals surface area (Å²) in [6, 6.07) is 4.50. The van der Waals surface area contributed by atoms with E-state index in [4.69, 9.17) is 4.74 Å². The normalized spacial score (nSPS) is 16.8. The molecule has 1 aromatic rings. The molecule has 7 heteroatoms. The summed E-state index contributed by atoms with van der Waals surface area (Å²) in [5.74, 6) is 2.00. The number of aliphatic imine (C=N–C) groups is 1. The smallest absolute Gasteiger partial charge is 0.273 e. The molecular formula is C14H19N3O3S. The van der Waals surface area contributed by atoms with Gasteiger partial charge in [0.2, 0.25) is 0 Å². The predicted octanol–water partition coefficient (Wildman–Crippen LogP) is 3.30. The van der Waals surface area contributed by atoms with Gasteiger partial charge in [0.05, 0.1) is 18.1 Å². The molecule has 0 atom stereocenters. The average molecular weight is 309 g/mol. The molecule has 1 heterocycles. The zero-order chi connectivity index (χ0) is 15.4. The standard InChI is InChI=1S/C14H19N3O3S/c1-10(2)9-16-6-7-21-14(16)15-12-5-4-11(17(18)19)8-13(12)20-3/h4-5,8,10H,6-7,9H2,1-3H3. The van der Waals surface area contributed by atoms with Gasteiger partial charge in [0.15, 0.2) is 10.9 Å². The van der Waals surface area contributed by atoms with Gasteiger partial charge in [-0.2, -0.15) is 0 Å². The van der Waals surface area contributed by atoms with Crippen LogP contribution in [0.5, 0.6) is 5.75 Å². The molecule has 114 valence electrons. The summed E-state index contributed by atoms with van der Waals surface area (Å²) in [4.78, 5) is 17.2. The molecule has 0 spiro atoms. The maximum Gasteiger partial charge on any atom is 0.273 e. The Kier molecular flexibility index (Phi) is 5.06. The van der Waals surface area contributed by atoms with E-state index in [2.05, 4.69) is 23.7 Å². The van der Waals surface area contributed by atoms with E-state index in [0.717, 1.165) is 24.0 Å². The Morgan fingerprint density at radius 3 is 2.90 bits per heavy atom. The fourth-order valence-corrected chi connectivity index (χ4v) is 3.13. The van der Waals surface area contributed by atoms with Crippen LogP contribution >= 0.6 is 11.8 Å². The van der Waals surface area contributed by atoms with Crippen molar-refractivity contribution in [3.05, 3.63) is 28.3 Å². The van der Waals surface area contributed by atoms with Crippen LogP contribution in [0.1, 0.15) is 13.8 Å². The number of nitro benzene ring substituents is 1. The number of nitrogens with zero attached hydrogens (tertiary/aromatic N) is 3. The first-order valence-corrected chi connectivity index (χ1v) is 7.78. The highest BCUT2D eigenvalue weighted by Gasteiger charge is 2.21. The fourth-order valence-electron chi connectivity index (χ4n) is 2.12. The largest absolute Gasteiger partial charge is 0.494 e. The summed E-state index contributed by atoms with van der Waals surface area (Å²) in [5.41, 5.74) is 0.634. The first-order chi connectivity index (χ1) is 10.0. The molecule has 1 aliphatic rings. The molecule has 0 aromatic heterocycles. The van der Waals surface area contributed by atoms with Crippen LogP contribution in [0.25, 0.3) is 0 Å². The van der Waals surface area contributed by atoms with Gasteiger partial charge in [-0.25, -0.2) is 4.99 Å². The minimum absolute atomic E-state index is 0.00825. The zero-order valence-electron chi connectivity index (χ0n) is 12.4. The van der Waals surface area contributed by atoms with Gasteiger partial charge in [0.1, 0.15) is 5.69 Å². The minimum atomic E-state index is -0.436. The second-order valence-electron chi connectivity index (χ2n) is 5.20. The van der Waals surface area contributed by atoms with Crippen molar-refractivity contribution in [3.8, 4) is 5.75 Å². The van der Waals surface area contributed by atoms with Crippen molar-refractivity contribution < 1.29 is 9.66 Å². The molecule has 0 amide bonds. The molecule has 1 aliphatic heterocycles. The quantitative estimate of drug-likeness (QED) is 0.616. The van der Waals surface area contributed by atoms with Crippen molar-refractivity contribution in [2.45, 2.75) is 13.8 Å². The van der Waals surface area contributed by atoms with Gasteiger partial charge >= 0.3 is 0 Å². The Labute approximate surface area is 128 Å². The lowest BCUT2D eigenvalue weighted by Gasteiger charge is -2.20. The minimum Gasteiger partial charge on any atom is -0.494 e. The number of hydrogen-bond donors (Lipinski definition) is 0. The fraction of sp³-hybridized carbons (Fsp3) is 0.500. The van der Waals surface area contributed by atoms with Crippen molar-refractivity contribution in [1.29, 1.82) is 0 Å². The molecule has 0 N–H and O–H groups in total. The highest BCUT2D eigenvalue weighted by Crippen LogP contribution is 2.33. The maximum absolute atomic E-state index is 10.8. The Morgan fingerprint density at radius 2 is 2.29 bits per heavy atom. The summed E-state index contributed by atoms with van der Waals surface area (Å²) in [6.07, 6.45) is 0. The Bertz CT molecular complexity index is 560. The number of ether oxygens (including phenoxy) is 1. The highest BCUT2D eigenvalue weighted by molar-refractivity contribution is 8.14. The molecule has 1 fully saturated rings. The van der Waals surface area contributed by atoms with Crippen LogP contribution in [-0.4, -0.2) is 40.9 Å². The molecule has 0 aliphatic carbocycles. The molecule has 1 saturated heterocycles. The lowest BCUT2D eigenvalue weighted by Crippen LogP contribution is -2.28. The molecule has 6 nitrogen and oxygen atoms in total. The number of benzene rings is 1. The van der Waals surface area contributed by atoms with Crippen LogP contribution in [0.2, 0.25) is 0 Å². The Morgan fingerprint density at radius 1 is 1.52 bits per heavy atom. The number of hydrogen-bond acceptors (Lipinski definition) is 5. The van der Waals surface area contributed by atoms with Crippen LogP contribution in [0.3, 0.4) is 0 Å². The molecule has 0 radical (unpaired) electrons. The summed E-state index contributed by atoms with van der Waals surface area (Å²) in [5, 5.41) is 11.8. The lowest BCUT2D eigenvalue weighted by atomic mass is 10.2. The van der Waals surface area contributed by atoms with E-state index >= 15 is 0 Å². The molecular weight excluding hydrogens is 290 g/mol. The predicted molar refractivity (Wildman–Crippen MR) is 85.6 cm³/mol. The number of thioether (sulfide) groups is 1. The van der Waals surface area contributed by atoms with Gasteiger partial charge in [0, 0.05) is 24.9 Å². The second-order valence-corrected chi connectivity index (χ2v) is 6.26. The first kappa shape index (κ1) is 15.6. The summed E-state index contributed by atoms with van der Waals surface area (Å²) in [6.45, 7) is 6.29. The average Bonchev–Trinajstić information content (AvgIpc) is 2.85. The molecule has 0 unspecified atom stereocenters. The van der Waals surface area contributed by atoms with Crippen molar-refractivity contribution in [2.24, 2.45) is 10.9 Å². The molecule has 0 saturated carbocycles. The van der Waals surface area contributed by atoms with Gasteiger partial charge in [0.25, 0.3) is 5.69 Å². The van der Waals surface area contributed by atoms with E-state index in [1.807, 2.05) is 0 Å². The maximum atomic E-state index is 10.8. The molecule has 0 bridgehead atoms. The van der Waals surface area contributed by atoms with E-state index in [0.29, 0.717) is 17.4 Å². The second kappa shape index (κ2) is 6.80. The third-order valence-corrected chi connectivity index (χ3v) is 4.03. The lowest BCUT2D eigenvalue weighted by molar-refractivity contribution is -0.384. The van der Waals surface area contributed by atoms with Crippen LogP contribution in [0.4, 0.5) is 11.4 Å². The summed E-state index contributed by atoms with van der Waals surface area (Å²) in [7, 11) is 1.50. The number of non-ortho nitro benzene ring substituents is 1. The zero-order valence-corrected chi connectivity index (χ0v) is 13.2. The number of nitro groups is 1. The van der Waals surface area contributed by atoms with E-state index in [1.165, 1.54) is 19.2 Å². The third-order valence-electron chi connectivity index (χ3n) is 3.04. The van der Waals surface area contributed by atoms with Gasteiger partial charge in [-0.1, -0.05) is 25.6 Å². The van der Waals surface area contributed by atoms with Gasteiger partial charge in [-0.15, -0.1) is 0 Å². The van der Waals surface area contributed by atoms with E-state index in [-0.39, 0.29) is 5.69 Å².